The highest BCUT2D eigenvalue weighted by Crippen LogP contribution is 2.25. The lowest BCUT2D eigenvalue weighted by atomic mass is 9.92. The minimum atomic E-state index is -0.437. The Bertz CT molecular complexity index is 988. The lowest BCUT2D eigenvalue weighted by Gasteiger charge is -2.31. The van der Waals surface area contributed by atoms with Crippen molar-refractivity contribution in [2.75, 3.05) is 50.9 Å². The maximum absolute atomic E-state index is 14.5. The number of hydrogen-bond donors (Lipinski definition) is 4. The quantitative estimate of drug-likeness (QED) is 0.216. The molecule has 9 nitrogen and oxygen atoms in total. The van der Waals surface area contributed by atoms with E-state index in [1.807, 2.05) is 0 Å². The number of piperidine rings is 1. The van der Waals surface area contributed by atoms with Crippen LogP contribution in [0.25, 0.3) is 0 Å². The Morgan fingerprint density at radius 1 is 1.10 bits per heavy atom. The van der Waals surface area contributed by atoms with Crippen LogP contribution in [0, 0.1) is 11.7 Å². The number of nitrogens with zero attached hydrogens (tertiary/aromatic N) is 3. The van der Waals surface area contributed by atoms with Crippen molar-refractivity contribution < 1.29 is 24.1 Å². The van der Waals surface area contributed by atoms with Crippen LogP contribution in [0.15, 0.2) is 30.6 Å². The van der Waals surface area contributed by atoms with Gasteiger partial charge in [-0.2, -0.15) is 0 Å². The molecule has 1 amide bonds. The number of unbranched alkanes of at least 4 members (excludes halogenated alkanes) is 2. The Labute approximate surface area is 235 Å². The van der Waals surface area contributed by atoms with Crippen molar-refractivity contribution in [3.8, 4) is 5.75 Å². The third-order valence-corrected chi connectivity index (χ3v) is 7.15. The van der Waals surface area contributed by atoms with Crippen LogP contribution in [0.5, 0.6) is 5.75 Å². The van der Waals surface area contributed by atoms with Gasteiger partial charge in [0, 0.05) is 25.7 Å². The number of amides is 1. The number of aliphatic hydroxyl groups excluding tert-OH is 2. The molecule has 1 aliphatic rings. The highest BCUT2D eigenvalue weighted by atomic mass is 35.5. The lowest BCUT2D eigenvalue weighted by molar-refractivity contribution is -0.120. The van der Waals surface area contributed by atoms with Gasteiger partial charge in [0.15, 0.2) is 0 Å². The Morgan fingerprint density at radius 2 is 1.82 bits per heavy atom. The maximum Gasteiger partial charge on any atom is 0.225 e. The summed E-state index contributed by atoms with van der Waals surface area (Å²) >= 11 is 5.87. The predicted octanol–water partition coefficient (Wildman–Crippen LogP) is 3.12. The number of rotatable bonds is 17. The number of carbonyl (C=O) groups excluding carboxylic acids is 1. The number of ether oxygens (including phenoxy) is 1. The Kier molecular flexibility index (Phi) is 13.7. The van der Waals surface area contributed by atoms with Gasteiger partial charge >= 0.3 is 0 Å². The molecule has 2 heterocycles. The zero-order valence-electron chi connectivity index (χ0n) is 22.5. The molecule has 0 aliphatic carbocycles. The van der Waals surface area contributed by atoms with Crippen molar-refractivity contribution in [1.82, 2.24) is 20.6 Å². The molecule has 3 rings (SSSR count). The van der Waals surface area contributed by atoms with Crippen LogP contribution in [-0.4, -0.2) is 78.1 Å². The van der Waals surface area contributed by atoms with Gasteiger partial charge in [-0.05, 0) is 62.6 Å². The number of nitrogens with one attached hydrogen (secondary N) is 2. The van der Waals surface area contributed by atoms with Crippen molar-refractivity contribution in [3.05, 3.63) is 47.0 Å². The van der Waals surface area contributed by atoms with Gasteiger partial charge in [-0.25, -0.2) is 14.4 Å². The second kappa shape index (κ2) is 17.2. The first kappa shape index (κ1) is 31.0. The molecule has 1 aromatic carbocycles. The fourth-order valence-corrected chi connectivity index (χ4v) is 4.69. The smallest absolute Gasteiger partial charge is 0.225 e. The summed E-state index contributed by atoms with van der Waals surface area (Å²) in [6, 6.07) is 4.40. The van der Waals surface area contributed by atoms with E-state index in [9.17, 15) is 9.18 Å². The van der Waals surface area contributed by atoms with Crippen molar-refractivity contribution in [2.24, 2.45) is 5.92 Å². The Balaban J connectivity index is 1.25. The monoisotopic (exact) mass is 565 g/mol. The van der Waals surface area contributed by atoms with Gasteiger partial charge in [0.05, 0.1) is 49.7 Å². The fraction of sp³-hybridized carbons (Fsp3) is 0.607. The molecule has 216 valence electrons. The molecule has 39 heavy (non-hydrogen) atoms. The van der Waals surface area contributed by atoms with E-state index in [2.05, 4.69) is 25.5 Å². The van der Waals surface area contributed by atoms with Crippen molar-refractivity contribution in [1.29, 1.82) is 0 Å². The molecule has 1 aromatic heterocycles. The molecule has 0 atom stereocenters. The van der Waals surface area contributed by atoms with E-state index < -0.39 is 5.82 Å². The molecule has 0 spiro atoms. The van der Waals surface area contributed by atoms with Gasteiger partial charge < -0.3 is 30.5 Å². The van der Waals surface area contributed by atoms with E-state index in [1.165, 1.54) is 6.07 Å². The lowest BCUT2D eigenvalue weighted by Crippen LogP contribution is -2.36. The van der Waals surface area contributed by atoms with Gasteiger partial charge in [0.1, 0.15) is 11.6 Å². The normalized spacial score (nSPS) is 14.1. The molecular weight excluding hydrogens is 525 g/mol. The molecule has 1 aliphatic heterocycles. The first-order valence-corrected chi connectivity index (χ1v) is 14.2. The number of benzene rings is 1. The zero-order chi connectivity index (χ0) is 27.9. The van der Waals surface area contributed by atoms with Crippen molar-refractivity contribution in [3.63, 3.8) is 0 Å². The largest absolute Gasteiger partial charge is 0.493 e. The minimum absolute atomic E-state index is 0.0118. The van der Waals surface area contributed by atoms with Crippen LogP contribution < -0.4 is 20.3 Å². The molecule has 1 saturated heterocycles. The topological polar surface area (TPSA) is 120 Å². The molecule has 0 unspecified atom stereocenters. The van der Waals surface area contributed by atoms with E-state index in [0.717, 1.165) is 64.0 Å². The van der Waals surface area contributed by atoms with Gasteiger partial charge in [-0.15, -0.1) is 0 Å². The third-order valence-electron chi connectivity index (χ3n) is 6.95. The molecule has 4 N–H and O–H groups in total. The summed E-state index contributed by atoms with van der Waals surface area (Å²) in [6.45, 7) is 3.39. The number of aromatic nitrogens is 2. The molecule has 11 heteroatoms. The summed E-state index contributed by atoms with van der Waals surface area (Å²) in [5.74, 6) is 1.17. The van der Waals surface area contributed by atoms with Gasteiger partial charge in [-0.1, -0.05) is 24.1 Å². The fourth-order valence-electron chi connectivity index (χ4n) is 4.60. The van der Waals surface area contributed by atoms with E-state index in [-0.39, 0.29) is 31.6 Å². The summed E-state index contributed by atoms with van der Waals surface area (Å²) in [7, 11) is 0. The van der Waals surface area contributed by atoms with Crippen LogP contribution >= 0.6 is 11.6 Å². The summed E-state index contributed by atoms with van der Waals surface area (Å²) in [5, 5.41) is 24.4. The van der Waals surface area contributed by atoms with Gasteiger partial charge in [-0.3, -0.25) is 4.79 Å². The van der Waals surface area contributed by atoms with E-state index in [0.29, 0.717) is 41.9 Å². The maximum atomic E-state index is 14.5. The molecule has 0 saturated carbocycles. The SMILES string of the molecule is O=C(Cc1ccc(OCCCC2CCN(c3ncc(Cl)cn3)CC2)cc1F)NCCCCCNC(CO)CO. The van der Waals surface area contributed by atoms with Crippen LogP contribution in [0.1, 0.15) is 50.5 Å². The van der Waals surface area contributed by atoms with Gasteiger partial charge in [0.25, 0.3) is 0 Å². The summed E-state index contributed by atoms with van der Waals surface area (Å²) in [4.78, 5) is 23.0. The molecule has 2 aromatic rings. The standard InChI is InChI=1S/C28H41ClFN5O4/c29-23-17-33-28(34-18-23)35-12-8-21(9-13-35)5-4-14-39-25-7-6-22(26(30)16-25)15-27(38)32-11-3-1-2-10-31-24(19-36)20-37/h6-7,16-18,21,24,31,36-37H,1-5,8-15,19-20H2,(H,32,38). The molecule has 1 fully saturated rings. The molecule has 0 bridgehead atoms. The van der Waals surface area contributed by atoms with Crippen LogP contribution in [0.3, 0.4) is 0 Å². The van der Waals surface area contributed by atoms with Gasteiger partial charge in [0.2, 0.25) is 11.9 Å². The highest BCUT2D eigenvalue weighted by molar-refractivity contribution is 6.30. The first-order chi connectivity index (χ1) is 19.0. The third kappa shape index (κ3) is 11.2. The average molecular weight is 566 g/mol. The number of aliphatic hydroxyl groups is 2. The number of hydrogen-bond acceptors (Lipinski definition) is 8. The van der Waals surface area contributed by atoms with Crippen LogP contribution in [-0.2, 0) is 11.2 Å². The minimum Gasteiger partial charge on any atom is -0.493 e. The molecular formula is C28H41ClFN5O4. The number of halogens is 2. The van der Waals surface area contributed by atoms with E-state index in [1.54, 1.807) is 24.5 Å². The van der Waals surface area contributed by atoms with E-state index in [4.69, 9.17) is 26.6 Å². The zero-order valence-corrected chi connectivity index (χ0v) is 23.2. The van der Waals surface area contributed by atoms with E-state index >= 15 is 0 Å². The van der Waals surface area contributed by atoms with Crippen LogP contribution in [0.2, 0.25) is 5.02 Å². The number of anilines is 1. The van der Waals surface area contributed by atoms with Crippen molar-refractivity contribution in [2.45, 2.75) is 57.4 Å². The summed E-state index contributed by atoms with van der Waals surface area (Å²) in [5.41, 5.74) is 0.347. The Morgan fingerprint density at radius 3 is 2.51 bits per heavy atom. The van der Waals surface area contributed by atoms with Crippen molar-refractivity contribution >= 4 is 23.5 Å². The predicted molar refractivity (Wildman–Crippen MR) is 150 cm³/mol. The second-order valence-electron chi connectivity index (χ2n) is 9.98. The molecule has 0 radical (unpaired) electrons. The second-order valence-corrected chi connectivity index (χ2v) is 10.4. The number of carbonyl (C=O) groups is 1. The summed E-state index contributed by atoms with van der Waals surface area (Å²) < 4.78 is 20.3. The first-order valence-electron chi connectivity index (χ1n) is 13.8. The Hall–Kier alpha value is -2.53. The highest BCUT2D eigenvalue weighted by Gasteiger charge is 2.20. The average Bonchev–Trinajstić information content (AvgIpc) is 2.95. The van der Waals surface area contributed by atoms with Crippen LogP contribution in [0.4, 0.5) is 10.3 Å². The summed E-state index contributed by atoms with van der Waals surface area (Å²) in [6.07, 6.45) is 9.91.